The van der Waals surface area contributed by atoms with Crippen molar-refractivity contribution in [3.05, 3.63) is 29.8 Å². The average molecular weight is 190 g/mol. The van der Waals surface area contributed by atoms with E-state index >= 15 is 0 Å². The Morgan fingerprint density at radius 2 is 2.00 bits per heavy atom. The van der Waals surface area contributed by atoms with Gasteiger partial charge in [-0.1, -0.05) is 12.1 Å². The molecule has 0 saturated heterocycles. The van der Waals surface area contributed by atoms with Crippen molar-refractivity contribution in [1.29, 1.82) is 0 Å². The molecule has 0 aliphatic rings. The summed E-state index contributed by atoms with van der Waals surface area (Å²) in [5.41, 5.74) is 1.68. The molecule has 0 spiro atoms. The number of benzene rings is 1. The van der Waals surface area contributed by atoms with Gasteiger partial charge in [0.25, 0.3) is 0 Å². The third-order valence-electron chi connectivity index (χ3n) is 1.44. The van der Waals surface area contributed by atoms with E-state index < -0.39 is 0 Å². The van der Waals surface area contributed by atoms with Crippen LogP contribution in [-0.4, -0.2) is 11.2 Å². The lowest BCUT2D eigenvalue weighted by molar-refractivity contribution is 0.563. The first-order chi connectivity index (χ1) is 6.36. The lowest BCUT2D eigenvalue weighted by atomic mass is 10.2. The molecule has 0 radical (unpaired) electrons. The fraction of sp³-hybridized carbons (Fsp3) is 0.111. The highest BCUT2D eigenvalue weighted by molar-refractivity contribution is 7.78. The van der Waals surface area contributed by atoms with Gasteiger partial charge in [-0.2, -0.15) is 4.99 Å². The third kappa shape index (κ3) is 3.09. The Hall–Kier alpha value is -1.60. The van der Waals surface area contributed by atoms with Gasteiger partial charge in [0.1, 0.15) is 0 Å². The maximum Gasteiger partial charge on any atom is 0.235 e. The van der Waals surface area contributed by atoms with E-state index in [9.17, 15) is 4.79 Å². The fourth-order valence-electron chi connectivity index (χ4n) is 0.852. The standard InChI is InChI=1S/C9H6N2OS/c12-6-10-5-8-1-3-9(4-2-8)11-7-13/h1-4H,5H2. The molecule has 0 atom stereocenters. The highest BCUT2D eigenvalue weighted by Gasteiger charge is 1.90. The molecule has 0 heterocycles. The number of isocyanates is 1. The second-order valence-electron chi connectivity index (χ2n) is 2.28. The molecule has 0 saturated carbocycles. The number of hydrogen-bond donors (Lipinski definition) is 0. The van der Waals surface area contributed by atoms with Crippen molar-refractivity contribution in [3.8, 4) is 0 Å². The predicted molar refractivity (Wildman–Crippen MR) is 53.0 cm³/mol. The largest absolute Gasteiger partial charge is 0.235 e. The van der Waals surface area contributed by atoms with Gasteiger partial charge in [0.15, 0.2) is 0 Å². The maximum absolute atomic E-state index is 9.81. The molecule has 0 unspecified atom stereocenters. The average Bonchev–Trinajstić information content (AvgIpc) is 2.17. The second kappa shape index (κ2) is 5.12. The Labute approximate surface area is 80.8 Å². The van der Waals surface area contributed by atoms with E-state index in [1.807, 2.05) is 12.1 Å². The third-order valence-corrected chi connectivity index (χ3v) is 1.53. The molecule has 1 rings (SSSR count). The topological polar surface area (TPSA) is 41.8 Å². The molecule has 0 aromatic heterocycles. The summed E-state index contributed by atoms with van der Waals surface area (Å²) in [5, 5.41) is 2.27. The summed E-state index contributed by atoms with van der Waals surface area (Å²) in [5.74, 6) is 0. The van der Waals surface area contributed by atoms with Crippen LogP contribution in [0.15, 0.2) is 34.3 Å². The zero-order chi connectivity index (χ0) is 9.52. The molecule has 0 amide bonds. The van der Waals surface area contributed by atoms with E-state index in [2.05, 4.69) is 27.4 Å². The zero-order valence-corrected chi connectivity index (χ0v) is 7.54. The minimum absolute atomic E-state index is 0.352. The van der Waals surface area contributed by atoms with Crippen molar-refractivity contribution in [1.82, 2.24) is 0 Å². The van der Waals surface area contributed by atoms with Crippen molar-refractivity contribution < 1.29 is 4.79 Å². The van der Waals surface area contributed by atoms with E-state index in [1.165, 1.54) is 6.08 Å². The van der Waals surface area contributed by atoms with Crippen molar-refractivity contribution >= 4 is 29.1 Å². The predicted octanol–water partition coefficient (Wildman–Crippen LogP) is 2.26. The van der Waals surface area contributed by atoms with E-state index in [1.54, 1.807) is 12.1 Å². The van der Waals surface area contributed by atoms with Gasteiger partial charge >= 0.3 is 0 Å². The number of thiocarbonyl (C=S) groups is 1. The van der Waals surface area contributed by atoms with Crippen molar-refractivity contribution in [2.45, 2.75) is 6.54 Å². The highest BCUT2D eigenvalue weighted by Crippen LogP contribution is 2.12. The van der Waals surface area contributed by atoms with Crippen LogP contribution in [0.1, 0.15) is 5.56 Å². The summed E-state index contributed by atoms with van der Waals surface area (Å²) in [6, 6.07) is 7.22. The van der Waals surface area contributed by atoms with Crippen LogP contribution in [-0.2, 0) is 11.3 Å². The monoisotopic (exact) mass is 190 g/mol. The van der Waals surface area contributed by atoms with Crippen LogP contribution >= 0.6 is 12.2 Å². The van der Waals surface area contributed by atoms with Crippen LogP contribution in [0.25, 0.3) is 0 Å². The molecule has 0 fully saturated rings. The number of nitrogens with zero attached hydrogens (tertiary/aromatic N) is 2. The summed E-state index contributed by atoms with van der Waals surface area (Å²) in [7, 11) is 0. The highest BCUT2D eigenvalue weighted by atomic mass is 32.1. The SMILES string of the molecule is O=C=NCc1ccc(N=C=S)cc1. The van der Waals surface area contributed by atoms with Gasteiger partial charge in [-0.3, -0.25) is 0 Å². The smallest absolute Gasteiger partial charge is 0.211 e. The number of carbonyl (C=O) groups excluding carboxylic acids is 1. The molecule has 0 N–H and O–H groups in total. The van der Waals surface area contributed by atoms with E-state index in [-0.39, 0.29) is 0 Å². The van der Waals surface area contributed by atoms with Crippen LogP contribution in [0.3, 0.4) is 0 Å². The normalized spacial score (nSPS) is 8.31. The molecule has 64 valence electrons. The van der Waals surface area contributed by atoms with Crippen LogP contribution in [0.4, 0.5) is 5.69 Å². The molecule has 4 heteroatoms. The van der Waals surface area contributed by atoms with E-state index in [4.69, 9.17) is 0 Å². The molecule has 0 aliphatic heterocycles. The number of hydrogen-bond acceptors (Lipinski definition) is 4. The van der Waals surface area contributed by atoms with Crippen LogP contribution < -0.4 is 0 Å². The quantitative estimate of drug-likeness (QED) is 0.416. The second-order valence-corrected chi connectivity index (χ2v) is 2.46. The summed E-state index contributed by atoms with van der Waals surface area (Å²) >= 11 is 4.45. The van der Waals surface area contributed by atoms with Crippen LogP contribution in [0.5, 0.6) is 0 Å². The van der Waals surface area contributed by atoms with Crippen molar-refractivity contribution in [2.24, 2.45) is 9.98 Å². The summed E-state index contributed by atoms with van der Waals surface area (Å²) < 4.78 is 0. The minimum atomic E-state index is 0.352. The van der Waals surface area contributed by atoms with Gasteiger partial charge in [0.2, 0.25) is 6.08 Å². The molecule has 0 aliphatic carbocycles. The first-order valence-corrected chi connectivity index (χ1v) is 3.98. The van der Waals surface area contributed by atoms with Gasteiger partial charge in [-0.05, 0) is 29.9 Å². The maximum atomic E-state index is 9.81. The molecule has 1 aromatic carbocycles. The van der Waals surface area contributed by atoms with Gasteiger partial charge in [-0.15, -0.1) is 0 Å². The molecular formula is C9H6N2OS. The zero-order valence-electron chi connectivity index (χ0n) is 6.73. The Morgan fingerprint density at radius 1 is 1.31 bits per heavy atom. The lowest BCUT2D eigenvalue weighted by Gasteiger charge is -1.94. The van der Waals surface area contributed by atoms with Crippen molar-refractivity contribution in [2.75, 3.05) is 0 Å². The van der Waals surface area contributed by atoms with E-state index in [0.29, 0.717) is 6.54 Å². The van der Waals surface area contributed by atoms with Gasteiger partial charge in [-0.25, -0.2) is 9.79 Å². The first-order valence-electron chi connectivity index (χ1n) is 3.57. The summed E-state index contributed by atoms with van der Waals surface area (Å²) in [6.07, 6.45) is 1.48. The first kappa shape index (κ1) is 9.49. The summed E-state index contributed by atoms with van der Waals surface area (Å²) in [6.45, 7) is 0.352. The molecule has 0 bridgehead atoms. The number of rotatable bonds is 3. The Balaban J connectivity index is 2.80. The molecular weight excluding hydrogens is 184 g/mol. The van der Waals surface area contributed by atoms with Gasteiger partial charge in [0, 0.05) is 0 Å². The Bertz CT molecular complexity index is 373. The number of aliphatic imine (C=N–C) groups is 2. The summed E-state index contributed by atoms with van der Waals surface area (Å²) in [4.78, 5) is 17.0. The minimum Gasteiger partial charge on any atom is -0.211 e. The fourth-order valence-corrected chi connectivity index (χ4v) is 0.958. The molecule has 13 heavy (non-hydrogen) atoms. The van der Waals surface area contributed by atoms with Gasteiger partial charge in [0.05, 0.1) is 17.4 Å². The lowest BCUT2D eigenvalue weighted by Crippen LogP contribution is -1.78. The van der Waals surface area contributed by atoms with Gasteiger partial charge < -0.3 is 0 Å². The van der Waals surface area contributed by atoms with Crippen LogP contribution in [0.2, 0.25) is 0 Å². The van der Waals surface area contributed by atoms with E-state index in [0.717, 1.165) is 11.3 Å². The van der Waals surface area contributed by atoms with Crippen LogP contribution in [0, 0.1) is 0 Å². The molecule has 3 nitrogen and oxygen atoms in total. The molecule has 1 aromatic rings. The Kier molecular flexibility index (Phi) is 3.74. The number of isothiocyanates is 1. The Morgan fingerprint density at radius 3 is 2.54 bits per heavy atom. The van der Waals surface area contributed by atoms with Crippen molar-refractivity contribution in [3.63, 3.8) is 0 Å².